The first-order valence-corrected chi connectivity index (χ1v) is 5.55. The van der Waals surface area contributed by atoms with Crippen molar-refractivity contribution in [2.75, 3.05) is 18.0 Å². The van der Waals surface area contributed by atoms with Crippen molar-refractivity contribution >= 4 is 11.6 Å². The van der Waals surface area contributed by atoms with Gasteiger partial charge in [-0.05, 0) is 25.1 Å². The molecule has 0 aliphatic carbocycles. The molecule has 1 rings (SSSR count). The van der Waals surface area contributed by atoms with Gasteiger partial charge in [0.15, 0.2) is 0 Å². The molecule has 0 radical (unpaired) electrons. The highest BCUT2D eigenvalue weighted by Crippen LogP contribution is 2.21. The first kappa shape index (κ1) is 13.6. The van der Waals surface area contributed by atoms with Gasteiger partial charge < -0.3 is 10.6 Å². The fraction of sp³-hybridized carbons (Fsp3) is 0.417. The third-order valence-corrected chi connectivity index (χ3v) is 2.39. The molecule has 0 bridgehead atoms. The van der Waals surface area contributed by atoms with Crippen LogP contribution in [-0.4, -0.2) is 19.0 Å². The molecule has 1 aromatic rings. The Balaban J connectivity index is 2.99. The van der Waals surface area contributed by atoms with Crippen molar-refractivity contribution in [3.05, 3.63) is 29.8 Å². The Hall–Kier alpha value is -1.49. The number of rotatable bonds is 5. The van der Waals surface area contributed by atoms with Crippen molar-refractivity contribution in [2.45, 2.75) is 19.8 Å². The number of anilines is 1. The molecule has 0 unspecified atom stereocenters. The third kappa shape index (κ3) is 3.49. The number of carbonyl (C=O) groups excluding carboxylic acids is 1. The highest BCUT2D eigenvalue weighted by molar-refractivity contribution is 5.93. The molecule has 0 fully saturated rings. The molecule has 0 saturated heterocycles. The van der Waals surface area contributed by atoms with Crippen LogP contribution in [0.5, 0.6) is 0 Å². The zero-order valence-corrected chi connectivity index (χ0v) is 9.75. The number of amides is 1. The fourth-order valence-corrected chi connectivity index (χ4v) is 1.52. The maximum Gasteiger partial charge on any atom is 0.226 e. The summed E-state index contributed by atoms with van der Waals surface area (Å²) in [5, 5.41) is 0. The van der Waals surface area contributed by atoms with E-state index in [4.69, 9.17) is 5.73 Å². The molecule has 94 valence electrons. The van der Waals surface area contributed by atoms with Crippen LogP contribution in [0.2, 0.25) is 0 Å². The minimum Gasteiger partial charge on any atom is -0.330 e. The molecule has 0 aliphatic heterocycles. The summed E-state index contributed by atoms with van der Waals surface area (Å²) in [4.78, 5) is 13.0. The largest absolute Gasteiger partial charge is 0.330 e. The Labute approximate surface area is 99.2 Å². The van der Waals surface area contributed by atoms with Crippen LogP contribution >= 0.6 is 0 Å². The predicted octanol–water partition coefficient (Wildman–Crippen LogP) is 2.06. The molecule has 0 aliphatic rings. The maximum atomic E-state index is 13.6. The molecule has 0 saturated carbocycles. The molecule has 0 spiro atoms. The lowest BCUT2D eigenvalue weighted by Gasteiger charge is -2.22. The number of nitrogens with zero attached hydrogens (tertiary/aromatic N) is 1. The lowest BCUT2D eigenvalue weighted by atomic mass is 10.2. The summed E-state index contributed by atoms with van der Waals surface area (Å²) >= 11 is 0. The van der Waals surface area contributed by atoms with E-state index >= 15 is 0 Å². The van der Waals surface area contributed by atoms with Gasteiger partial charge in [0.25, 0.3) is 0 Å². The van der Waals surface area contributed by atoms with E-state index in [-0.39, 0.29) is 18.0 Å². The highest BCUT2D eigenvalue weighted by Gasteiger charge is 2.17. The van der Waals surface area contributed by atoms with Crippen molar-refractivity contribution < 1.29 is 13.6 Å². The molecule has 0 heterocycles. The molecular formula is C12H16F2N2O. The Bertz CT molecular complexity index is 396. The fourth-order valence-electron chi connectivity index (χ4n) is 1.52. The van der Waals surface area contributed by atoms with E-state index in [0.717, 1.165) is 12.1 Å². The van der Waals surface area contributed by atoms with Crippen molar-refractivity contribution in [1.82, 2.24) is 0 Å². The zero-order valence-electron chi connectivity index (χ0n) is 9.75. The van der Waals surface area contributed by atoms with E-state index in [2.05, 4.69) is 0 Å². The average molecular weight is 242 g/mol. The number of carbonyl (C=O) groups is 1. The Morgan fingerprint density at radius 2 is 2.12 bits per heavy atom. The first-order chi connectivity index (χ1) is 8.10. The van der Waals surface area contributed by atoms with Gasteiger partial charge in [0, 0.05) is 19.0 Å². The summed E-state index contributed by atoms with van der Waals surface area (Å²) in [6, 6.07) is 3.18. The van der Waals surface area contributed by atoms with Crippen LogP contribution in [-0.2, 0) is 4.79 Å². The van der Waals surface area contributed by atoms with Gasteiger partial charge in [0.2, 0.25) is 5.91 Å². The number of halogens is 2. The maximum absolute atomic E-state index is 13.6. The van der Waals surface area contributed by atoms with Gasteiger partial charge in [-0.25, -0.2) is 8.78 Å². The molecule has 1 aromatic carbocycles. The second-order valence-corrected chi connectivity index (χ2v) is 3.64. The van der Waals surface area contributed by atoms with E-state index in [1.807, 2.05) is 0 Å². The Morgan fingerprint density at radius 3 is 2.65 bits per heavy atom. The quantitative estimate of drug-likeness (QED) is 0.859. The minimum atomic E-state index is -0.733. The number of nitrogens with two attached hydrogens (primary N) is 1. The number of benzene rings is 1. The molecule has 5 heteroatoms. The third-order valence-electron chi connectivity index (χ3n) is 2.39. The van der Waals surface area contributed by atoms with Gasteiger partial charge in [-0.15, -0.1) is 0 Å². The van der Waals surface area contributed by atoms with Crippen LogP contribution in [0.3, 0.4) is 0 Å². The van der Waals surface area contributed by atoms with Gasteiger partial charge in [0.05, 0.1) is 5.69 Å². The summed E-state index contributed by atoms with van der Waals surface area (Å²) in [5.74, 6) is -1.60. The summed E-state index contributed by atoms with van der Waals surface area (Å²) in [6.07, 6.45) is 0.837. The van der Waals surface area contributed by atoms with E-state index in [0.29, 0.717) is 19.5 Å². The Morgan fingerprint density at radius 1 is 1.41 bits per heavy atom. The molecule has 3 nitrogen and oxygen atoms in total. The molecule has 17 heavy (non-hydrogen) atoms. The molecule has 1 amide bonds. The zero-order chi connectivity index (χ0) is 12.8. The lowest BCUT2D eigenvalue weighted by molar-refractivity contribution is -0.118. The second-order valence-electron chi connectivity index (χ2n) is 3.64. The summed E-state index contributed by atoms with van der Waals surface area (Å²) < 4.78 is 26.3. The Kier molecular flexibility index (Phi) is 5.03. The minimum absolute atomic E-state index is 0.103. The van der Waals surface area contributed by atoms with Gasteiger partial charge in [-0.1, -0.05) is 6.92 Å². The topological polar surface area (TPSA) is 46.3 Å². The second kappa shape index (κ2) is 6.30. The molecule has 0 aromatic heterocycles. The van der Waals surface area contributed by atoms with Crippen molar-refractivity contribution in [3.63, 3.8) is 0 Å². The summed E-state index contributed by atoms with van der Waals surface area (Å²) in [7, 11) is 0. The monoisotopic (exact) mass is 242 g/mol. The van der Waals surface area contributed by atoms with Crippen molar-refractivity contribution in [3.8, 4) is 0 Å². The van der Waals surface area contributed by atoms with Gasteiger partial charge >= 0.3 is 0 Å². The van der Waals surface area contributed by atoms with Crippen LogP contribution in [0.25, 0.3) is 0 Å². The van der Waals surface area contributed by atoms with Crippen LogP contribution in [0.1, 0.15) is 19.8 Å². The summed E-state index contributed by atoms with van der Waals surface area (Å²) in [5.41, 5.74) is 5.47. The lowest BCUT2D eigenvalue weighted by Crippen LogP contribution is -2.33. The number of hydrogen-bond acceptors (Lipinski definition) is 2. The van der Waals surface area contributed by atoms with Crippen LogP contribution in [0, 0.1) is 11.6 Å². The van der Waals surface area contributed by atoms with Gasteiger partial charge in [0.1, 0.15) is 11.6 Å². The molecule has 2 N–H and O–H groups in total. The first-order valence-electron chi connectivity index (χ1n) is 5.55. The van der Waals surface area contributed by atoms with Gasteiger partial charge in [-0.2, -0.15) is 0 Å². The van der Waals surface area contributed by atoms with Crippen LogP contribution in [0.15, 0.2) is 18.2 Å². The van der Waals surface area contributed by atoms with Gasteiger partial charge in [-0.3, -0.25) is 4.79 Å². The van der Waals surface area contributed by atoms with Crippen LogP contribution < -0.4 is 10.6 Å². The van der Waals surface area contributed by atoms with Crippen LogP contribution in [0.4, 0.5) is 14.5 Å². The highest BCUT2D eigenvalue weighted by atomic mass is 19.1. The van der Waals surface area contributed by atoms with Crippen molar-refractivity contribution in [1.29, 1.82) is 0 Å². The molecule has 0 atom stereocenters. The SMILES string of the molecule is CCC(=O)N(CCCN)c1ccc(F)cc1F. The normalized spacial score (nSPS) is 10.4. The van der Waals surface area contributed by atoms with E-state index in [1.54, 1.807) is 6.92 Å². The van der Waals surface area contributed by atoms with E-state index < -0.39 is 11.6 Å². The predicted molar refractivity (Wildman–Crippen MR) is 62.7 cm³/mol. The standard InChI is InChI=1S/C12H16F2N2O/c1-2-12(17)16(7-3-6-15)11-5-4-9(13)8-10(11)14/h4-5,8H,2-3,6-7,15H2,1H3. The smallest absolute Gasteiger partial charge is 0.226 e. The average Bonchev–Trinajstić information content (AvgIpc) is 2.31. The van der Waals surface area contributed by atoms with E-state index in [1.165, 1.54) is 11.0 Å². The van der Waals surface area contributed by atoms with E-state index in [9.17, 15) is 13.6 Å². The number of hydrogen-bond donors (Lipinski definition) is 1. The summed E-state index contributed by atoms with van der Waals surface area (Å²) in [6.45, 7) is 2.45. The molecular weight excluding hydrogens is 226 g/mol. The van der Waals surface area contributed by atoms with Crippen molar-refractivity contribution in [2.24, 2.45) is 5.73 Å².